The highest BCUT2D eigenvalue weighted by Crippen LogP contribution is 2.33. The second-order valence-electron chi connectivity index (χ2n) is 5.76. The Kier molecular flexibility index (Phi) is 6.17. The average Bonchev–Trinajstić information content (AvgIpc) is 2.61. The Morgan fingerprint density at radius 3 is 1.56 bits per heavy atom. The standard InChI is InChI=1S/C20H24N2O3/c1-5-19(23)21-15-9-7-11-17(13(15)3)25-18-12-8-10-16(14(18)4)22-20(24)6-2/h7-12H,5-6H2,1-4H3,(H,21,23)(H,22,24). The first-order valence-electron chi connectivity index (χ1n) is 8.43. The highest BCUT2D eigenvalue weighted by molar-refractivity contribution is 5.92. The lowest BCUT2D eigenvalue weighted by Gasteiger charge is -2.16. The van der Waals surface area contributed by atoms with Gasteiger partial charge in [-0.05, 0) is 38.1 Å². The fraction of sp³-hybridized carbons (Fsp3) is 0.300. The van der Waals surface area contributed by atoms with Gasteiger partial charge in [-0.25, -0.2) is 0 Å². The van der Waals surface area contributed by atoms with E-state index in [4.69, 9.17) is 4.74 Å². The van der Waals surface area contributed by atoms with Gasteiger partial charge in [0.2, 0.25) is 11.8 Å². The summed E-state index contributed by atoms with van der Waals surface area (Å²) in [5.41, 5.74) is 3.17. The maximum Gasteiger partial charge on any atom is 0.224 e. The molecule has 2 aromatic carbocycles. The zero-order chi connectivity index (χ0) is 18.4. The van der Waals surface area contributed by atoms with Gasteiger partial charge in [-0.15, -0.1) is 0 Å². The summed E-state index contributed by atoms with van der Waals surface area (Å²) in [7, 11) is 0. The van der Waals surface area contributed by atoms with Gasteiger partial charge in [0.05, 0.1) is 0 Å². The van der Waals surface area contributed by atoms with E-state index in [1.807, 2.05) is 64.1 Å². The van der Waals surface area contributed by atoms with Crippen LogP contribution in [0.5, 0.6) is 11.5 Å². The molecule has 2 amide bonds. The van der Waals surface area contributed by atoms with E-state index < -0.39 is 0 Å². The third-order valence-corrected chi connectivity index (χ3v) is 3.98. The smallest absolute Gasteiger partial charge is 0.224 e. The second kappa shape index (κ2) is 8.33. The molecule has 0 unspecified atom stereocenters. The zero-order valence-electron chi connectivity index (χ0n) is 15.1. The van der Waals surface area contributed by atoms with Gasteiger partial charge in [0, 0.05) is 35.3 Å². The molecule has 0 fully saturated rings. The molecule has 0 aromatic heterocycles. The SMILES string of the molecule is CCC(=O)Nc1cccc(Oc2cccc(NC(=O)CC)c2C)c1C. The number of amides is 2. The molecule has 0 saturated heterocycles. The molecule has 132 valence electrons. The summed E-state index contributed by atoms with van der Waals surface area (Å²) in [6, 6.07) is 11.1. The number of rotatable bonds is 6. The van der Waals surface area contributed by atoms with Crippen LogP contribution in [0.3, 0.4) is 0 Å². The summed E-state index contributed by atoms with van der Waals surface area (Å²) in [6.07, 6.45) is 0.839. The topological polar surface area (TPSA) is 67.4 Å². The molecule has 0 radical (unpaired) electrons. The number of carbonyl (C=O) groups excluding carboxylic acids is 2. The molecule has 5 heteroatoms. The van der Waals surface area contributed by atoms with Crippen LogP contribution in [0.15, 0.2) is 36.4 Å². The molecule has 2 aromatic rings. The van der Waals surface area contributed by atoms with Crippen LogP contribution in [0.4, 0.5) is 11.4 Å². The highest BCUT2D eigenvalue weighted by Gasteiger charge is 2.12. The molecule has 0 aliphatic rings. The van der Waals surface area contributed by atoms with Crippen LogP contribution in [0, 0.1) is 13.8 Å². The second-order valence-corrected chi connectivity index (χ2v) is 5.76. The quantitative estimate of drug-likeness (QED) is 0.794. The van der Waals surface area contributed by atoms with Crippen LogP contribution in [-0.2, 0) is 9.59 Å². The molecule has 5 nitrogen and oxygen atoms in total. The van der Waals surface area contributed by atoms with E-state index in [1.165, 1.54) is 0 Å². The van der Waals surface area contributed by atoms with Gasteiger partial charge in [0.1, 0.15) is 11.5 Å². The van der Waals surface area contributed by atoms with E-state index in [1.54, 1.807) is 0 Å². The van der Waals surface area contributed by atoms with Crippen molar-refractivity contribution in [3.05, 3.63) is 47.5 Å². The van der Waals surface area contributed by atoms with Crippen molar-refractivity contribution in [3.8, 4) is 11.5 Å². The first-order valence-corrected chi connectivity index (χ1v) is 8.43. The van der Waals surface area contributed by atoms with Crippen LogP contribution in [0.2, 0.25) is 0 Å². The molecule has 0 aliphatic heterocycles. The Morgan fingerprint density at radius 2 is 1.20 bits per heavy atom. The van der Waals surface area contributed by atoms with Gasteiger partial charge in [-0.1, -0.05) is 26.0 Å². The van der Waals surface area contributed by atoms with Gasteiger partial charge in [-0.3, -0.25) is 9.59 Å². The Balaban J connectivity index is 2.28. The summed E-state index contributed by atoms with van der Waals surface area (Å²) >= 11 is 0. The number of carbonyl (C=O) groups is 2. The summed E-state index contributed by atoms with van der Waals surface area (Å²) in [5, 5.41) is 5.74. The third-order valence-electron chi connectivity index (χ3n) is 3.98. The maximum absolute atomic E-state index is 11.6. The number of benzene rings is 2. The number of anilines is 2. The van der Waals surface area contributed by atoms with Crippen molar-refractivity contribution < 1.29 is 14.3 Å². The Labute approximate surface area is 148 Å². The molecule has 2 rings (SSSR count). The molecular formula is C20H24N2O3. The minimum Gasteiger partial charge on any atom is -0.457 e. The predicted octanol–water partition coefficient (Wildman–Crippen LogP) is 4.79. The normalized spacial score (nSPS) is 10.2. The van der Waals surface area contributed by atoms with Gasteiger partial charge in [-0.2, -0.15) is 0 Å². The summed E-state index contributed by atoms with van der Waals surface area (Å²) in [5.74, 6) is 1.24. The fourth-order valence-corrected chi connectivity index (χ4v) is 2.32. The molecule has 0 bridgehead atoms. The van der Waals surface area contributed by atoms with Gasteiger partial charge < -0.3 is 15.4 Å². The first-order chi connectivity index (χ1) is 12.0. The average molecular weight is 340 g/mol. The van der Waals surface area contributed by atoms with Crippen LogP contribution >= 0.6 is 0 Å². The Bertz CT molecular complexity index is 719. The molecule has 0 heterocycles. The van der Waals surface area contributed by atoms with E-state index in [-0.39, 0.29) is 11.8 Å². The van der Waals surface area contributed by atoms with Crippen molar-refractivity contribution in [3.63, 3.8) is 0 Å². The van der Waals surface area contributed by atoms with Crippen molar-refractivity contribution in [2.75, 3.05) is 10.6 Å². The van der Waals surface area contributed by atoms with Crippen molar-refractivity contribution in [1.82, 2.24) is 0 Å². The van der Waals surface area contributed by atoms with Crippen molar-refractivity contribution >= 4 is 23.2 Å². The lowest BCUT2D eigenvalue weighted by atomic mass is 10.1. The van der Waals surface area contributed by atoms with Gasteiger partial charge >= 0.3 is 0 Å². The minimum atomic E-state index is -0.0410. The molecule has 0 spiro atoms. The predicted molar refractivity (Wildman–Crippen MR) is 100 cm³/mol. The molecule has 2 N–H and O–H groups in total. The van der Waals surface area contributed by atoms with Gasteiger partial charge in [0.15, 0.2) is 0 Å². The Hall–Kier alpha value is -2.82. The first kappa shape index (κ1) is 18.5. The van der Waals surface area contributed by atoms with Crippen LogP contribution in [0.25, 0.3) is 0 Å². The molecule has 0 saturated carbocycles. The van der Waals surface area contributed by atoms with Crippen molar-refractivity contribution in [2.45, 2.75) is 40.5 Å². The summed E-state index contributed by atoms with van der Waals surface area (Å²) < 4.78 is 6.05. The zero-order valence-corrected chi connectivity index (χ0v) is 15.1. The van der Waals surface area contributed by atoms with E-state index in [0.717, 1.165) is 22.5 Å². The lowest BCUT2D eigenvalue weighted by molar-refractivity contribution is -0.116. The third kappa shape index (κ3) is 4.59. The summed E-state index contributed by atoms with van der Waals surface area (Å²) in [4.78, 5) is 23.3. The number of hydrogen-bond acceptors (Lipinski definition) is 3. The van der Waals surface area contributed by atoms with Crippen LogP contribution in [0.1, 0.15) is 37.8 Å². The van der Waals surface area contributed by atoms with E-state index >= 15 is 0 Å². The van der Waals surface area contributed by atoms with Crippen molar-refractivity contribution in [2.24, 2.45) is 0 Å². The molecule has 0 aliphatic carbocycles. The number of ether oxygens (including phenoxy) is 1. The van der Waals surface area contributed by atoms with E-state index in [9.17, 15) is 9.59 Å². The van der Waals surface area contributed by atoms with E-state index in [2.05, 4.69) is 10.6 Å². The van der Waals surface area contributed by atoms with Crippen LogP contribution in [-0.4, -0.2) is 11.8 Å². The number of hydrogen-bond donors (Lipinski definition) is 2. The highest BCUT2D eigenvalue weighted by atomic mass is 16.5. The van der Waals surface area contributed by atoms with Crippen molar-refractivity contribution in [1.29, 1.82) is 0 Å². The molecular weight excluding hydrogens is 316 g/mol. The van der Waals surface area contributed by atoms with E-state index in [0.29, 0.717) is 24.3 Å². The maximum atomic E-state index is 11.6. The largest absolute Gasteiger partial charge is 0.457 e. The Morgan fingerprint density at radius 1 is 0.800 bits per heavy atom. The fourth-order valence-electron chi connectivity index (χ4n) is 2.32. The molecule has 25 heavy (non-hydrogen) atoms. The number of nitrogens with one attached hydrogen (secondary N) is 2. The van der Waals surface area contributed by atoms with Crippen LogP contribution < -0.4 is 15.4 Å². The molecule has 0 atom stereocenters. The van der Waals surface area contributed by atoms with Gasteiger partial charge in [0.25, 0.3) is 0 Å². The monoisotopic (exact) mass is 340 g/mol. The summed E-state index contributed by atoms with van der Waals surface area (Å²) in [6.45, 7) is 7.42. The lowest BCUT2D eigenvalue weighted by Crippen LogP contribution is -2.11. The minimum absolute atomic E-state index is 0.0410.